The van der Waals surface area contributed by atoms with Crippen LogP contribution >= 0.6 is 0 Å². The molecule has 92 valence electrons. The highest BCUT2D eigenvalue weighted by molar-refractivity contribution is 5.86. The lowest BCUT2D eigenvalue weighted by Crippen LogP contribution is -2.33. The molecule has 0 aromatic carbocycles. The van der Waals surface area contributed by atoms with Crippen LogP contribution in [0.3, 0.4) is 0 Å². The molecule has 1 aliphatic rings. The van der Waals surface area contributed by atoms with Gasteiger partial charge in [-0.25, -0.2) is 4.79 Å². The second-order valence-electron chi connectivity index (χ2n) is 4.44. The summed E-state index contributed by atoms with van der Waals surface area (Å²) in [7, 11) is 1.34. The van der Waals surface area contributed by atoms with Gasteiger partial charge in [-0.05, 0) is 30.9 Å². The van der Waals surface area contributed by atoms with Crippen molar-refractivity contribution in [1.82, 2.24) is 10.2 Å². The molecule has 1 saturated heterocycles. The SMILES string of the molecule is COC(=O)c1ccc(N2CCC(C)CC2)nn1. The molecule has 0 radical (unpaired) electrons. The standard InChI is InChI=1S/C12H17N3O2/c1-9-5-7-15(8-6-9)11-4-3-10(13-14-11)12(16)17-2/h3-4,9H,5-8H2,1-2H3. The molecule has 0 atom stereocenters. The predicted molar refractivity (Wildman–Crippen MR) is 64.0 cm³/mol. The van der Waals surface area contributed by atoms with Crippen LogP contribution in [-0.4, -0.2) is 36.4 Å². The third-order valence-corrected chi connectivity index (χ3v) is 3.15. The van der Waals surface area contributed by atoms with Gasteiger partial charge in [-0.3, -0.25) is 0 Å². The molecule has 2 heterocycles. The zero-order chi connectivity index (χ0) is 12.3. The van der Waals surface area contributed by atoms with Gasteiger partial charge in [0.2, 0.25) is 0 Å². The van der Waals surface area contributed by atoms with Crippen LogP contribution in [0.2, 0.25) is 0 Å². The van der Waals surface area contributed by atoms with Crippen LogP contribution in [0.5, 0.6) is 0 Å². The first-order chi connectivity index (χ1) is 8.20. The maximum atomic E-state index is 11.2. The molecule has 0 N–H and O–H groups in total. The maximum absolute atomic E-state index is 11.2. The summed E-state index contributed by atoms with van der Waals surface area (Å²) in [6.45, 7) is 4.28. The van der Waals surface area contributed by atoms with Gasteiger partial charge >= 0.3 is 5.97 Å². The predicted octanol–water partition coefficient (Wildman–Crippen LogP) is 1.50. The number of aromatic nitrogens is 2. The molecule has 0 amide bonds. The Kier molecular flexibility index (Phi) is 3.56. The number of ether oxygens (including phenoxy) is 1. The number of anilines is 1. The van der Waals surface area contributed by atoms with E-state index in [4.69, 9.17) is 0 Å². The van der Waals surface area contributed by atoms with E-state index in [2.05, 4.69) is 26.8 Å². The van der Waals surface area contributed by atoms with Gasteiger partial charge in [0.1, 0.15) is 0 Å². The average Bonchev–Trinajstić information content (AvgIpc) is 2.39. The summed E-state index contributed by atoms with van der Waals surface area (Å²) in [5.74, 6) is 1.18. The summed E-state index contributed by atoms with van der Waals surface area (Å²) >= 11 is 0. The number of piperidine rings is 1. The van der Waals surface area contributed by atoms with E-state index in [1.54, 1.807) is 6.07 Å². The van der Waals surface area contributed by atoms with Crippen molar-refractivity contribution in [3.8, 4) is 0 Å². The van der Waals surface area contributed by atoms with Crippen LogP contribution in [0.1, 0.15) is 30.3 Å². The minimum atomic E-state index is -0.448. The van der Waals surface area contributed by atoms with Crippen LogP contribution in [0, 0.1) is 5.92 Å². The monoisotopic (exact) mass is 235 g/mol. The molecule has 1 aromatic heterocycles. The number of hydrogen-bond donors (Lipinski definition) is 0. The third-order valence-electron chi connectivity index (χ3n) is 3.15. The van der Waals surface area contributed by atoms with E-state index in [0.717, 1.165) is 24.8 Å². The zero-order valence-corrected chi connectivity index (χ0v) is 10.2. The Labute approximate surface area is 101 Å². The smallest absolute Gasteiger partial charge is 0.358 e. The van der Waals surface area contributed by atoms with Crippen LogP contribution in [-0.2, 0) is 4.74 Å². The van der Waals surface area contributed by atoms with E-state index in [1.807, 2.05) is 6.07 Å². The third kappa shape index (κ3) is 2.72. The van der Waals surface area contributed by atoms with E-state index in [1.165, 1.54) is 20.0 Å². The van der Waals surface area contributed by atoms with E-state index in [9.17, 15) is 4.79 Å². The fraction of sp³-hybridized carbons (Fsp3) is 0.583. The van der Waals surface area contributed by atoms with Gasteiger partial charge in [0.25, 0.3) is 0 Å². The molecule has 0 unspecified atom stereocenters. The number of methoxy groups -OCH3 is 1. The minimum Gasteiger partial charge on any atom is -0.464 e. The molecular formula is C12H17N3O2. The fourth-order valence-electron chi connectivity index (χ4n) is 1.95. The molecule has 5 nitrogen and oxygen atoms in total. The Hall–Kier alpha value is -1.65. The average molecular weight is 235 g/mol. The Morgan fingerprint density at radius 2 is 2.06 bits per heavy atom. The van der Waals surface area contributed by atoms with Gasteiger partial charge < -0.3 is 9.64 Å². The van der Waals surface area contributed by atoms with Gasteiger partial charge in [0.05, 0.1) is 7.11 Å². The summed E-state index contributed by atoms with van der Waals surface area (Å²) < 4.78 is 4.58. The summed E-state index contributed by atoms with van der Waals surface area (Å²) in [4.78, 5) is 13.4. The zero-order valence-electron chi connectivity index (χ0n) is 10.2. The van der Waals surface area contributed by atoms with Crippen molar-refractivity contribution < 1.29 is 9.53 Å². The Balaban J connectivity index is 2.05. The lowest BCUT2D eigenvalue weighted by molar-refractivity contribution is 0.0592. The van der Waals surface area contributed by atoms with E-state index in [-0.39, 0.29) is 5.69 Å². The summed E-state index contributed by atoms with van der Waals surface area (Å²) in [5.41, 5.74) is 0.252. The highest BCUT2D eigenvalue weighted by Gasteiger charge is 2.17. The number of hydrogen-bond acceptors (Lipinski definition) is 5. The Bertz CT molecular complexity index is 383. The van der Waals surface area contributed by atoms with Gasteiger partial charge in [-0.15, -0.1) is 10.2 Å². The molecule has 17 heavy (non-hydrogen) atoms. The van der Waals surface area contributed by atoms with Crippen molar-refractivity contribution in [2.75, 3.05) is 25.1 Å². The first-order valence-electron chi connectivity index (χ1n) is 5.87. The molecule has 2 rings (SSSR count). The van der Waals surface area contributed by atoms with Crippen LogP contribution in [0.25, 0.3) is 0 Å². The number of nitrogens with zero attached hydrogens (tertiary/aromatic N) is 3. The largest absolute Gasteiger partial charge is 0.464 e. The quantitative estimate of drug-likeness (QED) is 0.727. The van der Waals surface area contributed by atoms with Crippen molar-refractivity contribution >= 4 is 11.8 Å². The van der Waals surface area contributed by atoms with Gasteiger partial charge in [-0.1, -0.05) is 6.92 Å². The minimum absolute atomic E-state index is 0.252. The summed E-state index contributed by atoms with van der Waals surface area (Å²) in [5, 5.41) is 7.95. The highest BCUT2D eigenvalue weighted by atomic mass is 16.5. The second-order valence-corrected chi connectivity index (χ2v) is 4.44. The molecular weight excluding hydrogens is 218 g/mol. The lowest BCUT2D eigenvalue weighted by Gasteiger charge is -2.30. The Morgan fingerprint density at radius 1 is 1.35 bits per heavy atom. The number of carbonyl (C=O) groups is 1. The van der Waals surface area contributed by atoms with Crippen molar-refractivity contribution in [3.63, 3.8) is 0 Å². The van der Waals surface area contributed by atoms with Crippen molar-refractivity contribution in [3.05, 3.63) is 17.8 Å². The van der Waals surface area contributed by atoms with Crippen molar-refractivity contribution in [1.29, 1.82) is 0 Å². The molecule has 1 aromatic rings. The molecule has 0 saturated carbocycles. The lowest BCUT2D eigenvalue weighted by atomic mass is 9.99. The molecule has 1 aliphatic heterocycles. The molecule has 5 heteroatoms. The number of carbonyl (C=O) groups excluding carboxylic acids is 1. The number of rotatable bonds is 2. The highest BCUT2D eigenvalue weighted by Crippen LogP contribution is 2.20. The maximum Gasteiger partial charge on any atom is 0.358 e. The van der Waals surface area contributed by atoms with Crippen LogP contribution < -0.4 is 4.90 Å². The van der Waals surface area contributed by atoms with E-state index < -0.39 is 5.97 Å². The topological polar surface area (TPSA) is 55.3 Å². The van der Waals surface area contributed by atoms with Crippen LogP contribution in [0.15, 0.2) is 12.1 Å². The van der Waals surface area contributed by atoms with Crippen molar-refractivity contribution in [2.24, 2.45) is 5.92 Å². The fourth-order valence-corrected chi connectivity index (χ4v) is 1.95. The molecule has 1 fully saturated rings. The van der Waals surface area contributed by atoms with Crippen LogP contribution in [0.4, 0.5) is 5.82 Å². The molecule has 0 spiro atoms. The van der Waals surface area contributed by atoms with Gasteiger partial charge in [0.15, 0.2) is 11.5 Å². The van der Waals surface area contributed by atoms with Crippen molar-refractivity contribution in [2.45, 2.75) is 19.8 Å². The first kappa shape index (κ1) is 11.8. The van der Waals surface area contributed by atoms with Gasteiger partial charge in [0, 0.05) is 13.1 Å². The second kappa shape index (κ2) is 5.12. The van der Waals surface area contributed by atoms with E-state index >= 15 is 0 Å². The van der Waals surface area contributed by atoms with Gasteiger partial charge in [-0.2, -0.15) is 0 Å². The van der Waals surface area contributed by atoms with E-state index in [0.29, 0.717) is 0 Å². The summed E-state index contributed by atoms with van der Waals surface area (Å²) in [6, 6.07) is 3.49. The Morgan fingerprint density at radius 3 is 2.59 bits per heavy atom. The first-order valence-corrected chi connectivity index (χ1v) is 5.87. The molecule has 0 aliphatic carbocycles. The molecule has 0 bridgehead atoms. The summed E-state index contributed by atoms with van der Waals surface area (Å²) in [6.07, 6.45) is 2.36. The normalized spacial score (nSPS) is 16.9. The number of esters is 1.